The maximum absolute atomic E-state index is 12.4. The molecule has 0 aliphatic heterocycles. The Bertz CT molecular complexity index is 647. The molecular weight excluding hydrogens is 310 g/mol. The zero-order valence-corrected chi connectivity index (χ0v) is 14.4. The van der Waals surface area contributed by atoms with Crippen LogP contribution in [0.25, 0.3) is 0 Å². The minimum Gasteiger partial charge on any atom is -0.469 e. The van der Waals surface area contributed by atoms with Gasteiger partial charge in [-0.05, 0) is 35.1 Å². The molecule has 23 heavy (non-hydrogen) atoms. The second kappa shape index (κ2) is 7.92. The van der Waals surface area contributed by atoms with Gasteiger partial charge in [-0.25, -0.2) is 0 Å². The molecule has 0 fully saturated rings. The van der Waals surface area contributed by atoms with Gasteiger partial charge in [-0.15, -0.1) is 11.3 Å². The Morgan fingerprint density at radius 2 is 1.87 bits per heavy atom. The average Bonchev–Trinajstić information content (AvgIpc) is 3.08. The lowest BCUT2D eigenvalue weighted by molar-refractivity contribution is -0.141. The highest BCUT2D eigenvalue weighted by molar-refractivity contribution is 7.10. The molecule has 0 aliphatic carbocycles. The van der Waals surface area contributed by atoms with Crippen LogP contribution in [-0.2, 0) is 9.53 Å². The van der Waals surface area contributed by atoms with Crippen LogP contribution in [0.5, 0.6) is 0 Å². The van der Waals surface area contributed by atoms with Gasteiger partial charge in [-0.2, -0.15) is 0 Å². The maximum atomic E-state index is 12.4. The fourth-order valence-corrected chi connectivity index (χ4v) is 3.00. The molecule has 1 aromatic heterocycles. The molecule has 1 amide bonds. The number of esters is 1. The van der Waals surface area contributed by atoms with E-state index in [-0.39, 0.29) is 24.3 Å². The summed E-state index contributed by atoms with van der Waals surface area (Å²) in [5.74, 6) is -0.119. The van der Waals surface area contributed by atoms with Crippen LogP contribution in [0, 0.1) is 0 Å². The van der Waals surface area contributed by atoms with Crippen LogP contribution in [0.3, 0.4) is 0 Å². The molecule has 0 bridgehead atoms. The van der Waals surface area contributed by atoms with Crippen molar-refractivity contribution in [3.8, 4) is 0 Å². The molecular formula is C18H21NO3S. The molecule has 1 aromatic carbocycles. The molecule has 2 aromatic rings. The van der Waals surface area contributed by atoms with E-state index in [9.17, 15) is 9.59 Å². The highest BCUT2D eigenvalue weighted by atomic mass is 32.1. The topological polar surface area (TPSA) is 55.4 Å². The zero-order valence-electron chi connectivity index (χ0n) is 13.5. The third-order valence-corrected chi connectivity index (χ3v) is 4.62. The molecule has 4 nitrogen and oxygen atoms in total. The summed E-state index contributed by atoms with van der Waals surface area (Å²) in [5, 5.41) is 4.84. The van der Waals surface area contributed by atoms with Crippen LogP contribution in [0.2, 0.25) is 0 Å². The first-order valence-corrected chi connectivity index (χ1v) is 8.40. The number of carbonyl (C=O) groups excluding carboxylic acids is 2. The largest absolute Gasteiger partial charge is 0.469 e. The van der Waals surface area contributed by atoms with E-state index in [1.54, 1.807) is 0 Å². The van der Waals surface area contributed by atoms with Crippen LogP contribution in [0.15, 0.2) is 41.8 Å². The molecule has 0 spiro atoms. The average molecular weight is 331 g/mol. The second-order valence-corrected chi connectivity index (χ2v) is 6.58. The lowest BCUT2D eigenvalue weighted by atomic mass is 10.0. The molecule has 1 atom stereocenters. The van der Waals surface area contributed by atoms with Crippen molar-refractivity contribution in [3.05, 3.63) is 57.8 Å². The molecule has 1 heterocycles. The smallest absolute Gasteiger partial charge is 0.307 e. The van der Waals surface area contributed by atoms with E-state index in [4.69, 9.17) is 4.74 Å². The van der Waals surface area contributed by atoms with Gasteiger partial charge in [0.05, 0.1) is 19.6 Å². The van der Waals surface area contributed by atoms with Crippen LogP contribution in [0.4, 0.5) is 0 Å². The SMILES string of the molecule is COC(=O)CC(NC(=O)c1ccc(C(C)C)cc1)c1cccs1. The molecule has 1 N–H and O–H groups in total. The highest BCUT2D eigenvalue weighted by Gasteiger charge is 2.20. The van der Waals surface area contributed by atoms with E-state index in [1.165, 1.54) is 24.0 Å². The molecule has 122 valence electrons. The molecule has 0 aliphatic rings. The van der Waals surface area contributed by atoms with E-state index in [0.29, 0.717) is 11.5 Å². The summed E-state index contributed by atoms with van der Waals surface area (Å²) in [7, 11) is 1.35. The first kappa shape index (κ1) is 17.2. The van der Waals surface area contributed by atoms with Gasteiger partial charge in [0.15, 0.2) is 0 Å². The van der Waals surface area contributed by atoms with E-state index in [1.807, 2.05) is 41.8 Å². The Balaban J connectivity index is 2.12. The van der Waals surface area contributed by atoms with Gasteiger partial charge in [0.1, 0.15) is 0 Å². The van der Waals surface area contributed by atoms with E-state index in [0.717, 1.165) is 4.88 Å². The number of ether oxygens (including phenoxy) is 1. The number of methoxy groups -OCH3 is 1. The number of thiophene rings is 1. The third-order valence-electron chi connectivity index (χ3n) is 3.63. The van der Waals surface area contributed by atoms with Gasteiger partial charge in [-0.1, -0.05) is 32.0 Å². The normalized spacial score (nSPS) is 12.0. The summed E-state index contributed by atoms with van der Waals surface area (Å²) >= 11 is 1.50. The summed E-state index contributed by atoms with van der Waals surface area (Å²) < 4.78 is 4.72. The minimum atomic E-state index is -0.375. The summed E-state index contributed by atoms with van der Waals surface area (Å²) in [6, 6.07) is 11.0. The lowest BCUT2D eigenvalue weighted by Crippen LogP contribution is -2.30. The Hall–Kier alpha value is -2.14. The maximum Gasteiger partial charge on any atom is 0.307 e. The summed E-state index contributed by atoms with van der Waals surface area (Å²) in [6.45, 7) is 4.22. The van der Waals surface area contributed by atoms with Gasteiger partial charge in [0.25, 0.3) is 5.91 Å². The predicted octanol–water partition coefficient (Wildman–Crippen LogP) is 3.91. The fraction of sp³-hybridized carbons (Fsp3) is 0.333. The number of rotatable bonds is 6. The lowest BCUT2D eigenvalue weighted by Gasteiger charge is -2.16. The Morgan fingerprint density at radius 3 is 2.39 bits per heavy atom. The van der Waals surface area contributed by atoms with Crippen molar-refractivity contribution in [2.24, 2.45) is 0 Å². The van der Waals surface area contributed by atoms with Crippen molar-refractivity contribution < 1.29 is 14.3 Å². The number of hydrogen-bond donors (Lipinski definition) is 1. The van der Waals surface area contributed by atoms with Crippen molar-refractivity contribution >= 4 is 23.2 Å². The van der Waals surface area contributed by atoms with E-state index >= 15 is 0 Å². The standard InChI is InChI=1S/C18H21NO3S/c1-12(2)13-6-8-14(9-7-13)18(21)19-15(11-17(20)22-3)16-5-4-10-23-16/h4-10,12,15H,11H2,1-3H3,(H,19,21). The molecule has 5 heteroatoms. The van der Waals surface area contributed by atoms with Gasteiger partial charge in [0, 0.05) is 10.4 Å². The second-order valence-electron chi connectivity index (χ2n) is 5.60. The molecule has 0 saturated carbocycles. The summed E-state index contributed by atoms with van der Waals surface area (Å²) in [5.41, 5.74) is 1.77. The van der Waals surface area contributed by atoms with Gasteiger partial charge < -0.3 is 10.1 Å². The van der Waals surface area contributed by atoms with E-state index in [2.05, 4.69) is 19.2 Å². The van der Waals surface area contributed by atoms with Crippen LogP contribution in [0.1, 0.15) is 53.0 Å². The van der Waals surface area contributed by atoms with Gasteiger partial charge in [-0.3, -0.25) is 9.59 Å². The van der Waals surface area contributed by atoms with E-state index < -0.39 is 0 Å². The minimum absolute atomic E-state index is 0.118. The number of nitrogens with one attached hydrogen (secondary N) is 1. The molecule has 1 unspecified atom stereocenters. The predicted molar refractivity (Wildman–Crippen MR) is 91.7 cm³/mol. The van der Waals surface area contributed by atoms with Gasteiger partial charge in [0.2, 0.25) is 0 Å². The first-order chi connectivity index (χ1) is 11.0. The Morgan fingerprint density at radius 1 is 1.17 bits per heavy atom. The summed E-state index contributed by atoms with van der Waals surface area (Å²) in [6.07, 6.45) is 0.118. The Labute approximate surface area is 140 Å². The van der Waals surface area contributed by atoms with Crippen molar-refractivity contribution in [2.45, 2.75) is 32.2 Å². The third kappa shape index (κ3) is 4.66. The van der Waals surface area contributed by atoms with Crippen LogP contribution < -0.4 is 5.32 Å². The van der Waals surface area contributed by atoms with Crippen molar-refractivity contribution in [3.63, 3.8) is 0 Å². The number of hydrogen-bond acceptors (Lipinski definition) is 4. The number of carbonyl (C=O) groups is 2. The molecule has 0 radical (unpaired) electrons. The molecule has 2 rings (SSSR count). The van der Waals surface area contributed by atoms with Crippen molar-refractivity contribution in [2.75, 3.05) is 7.11 Å². The van der Waals surface area contributed by atoms with Crippen molar-refractivity contribution in [1.82, 2.24) is 5.32 Å². The number of benzene rings is 1. The van der Waals surface area contributed by atoms with Gasteiger partial charge >= 0.3 is 5.97 Å². The highest BCUT2D eigenvalue weighted by Crippen LogP contribution is 2.23. The first-order valence-electron chi connectivity index (χ1n) is 7.52. The number of amides is 1. The zero-order chi connectivity index (χ0) is 16.8. The molecule has 0 saturated heterocycles. The van der Waals surface area contributed by atoms with Crippen molar-refractivity contribution in [1.29, 1.82) is 0 Å². The monoisotopic (exact) mass is 331 g/mol. The Kier molecular flexibility index (Phi) is 5.93. The van der Waals surface area contributed by atoms with Crippen LogP contribution >= 0.6 is 11.3 Å². The van der Waals surface area contributed by atoms with Crippen LogP contribution in [-0.4, -0.2) is 19.0 Å². The quantitative estimate of drug-likeness (QED) is 0.817. The fourth-order valence-electron chi connectivity index (χ4n) is 2.22. The summed E-state index contributed by atoms with van der Waals surface area (Å²) in [4.78, 5) is 25.0.